The molecule has 168 valence electrons. The SMILES string of the molecule is COc1cccc(COC2CN(Cc3nc[nH]c3C)CC(=O)N(Cc3ccccn3)C2)c1. The highest BCUT2D eigenvalue weighted by Crippen LogP contribution is 2.18. The standard InChI is InChI=1S/C24H29N5O3/c1-18-23(27-17-26-18)14-28-12-22(32-16-19-6-5-8-21(10-19)31-2)13-29(24(30)15-28)11-20-7-3-4-9-25-20/h3-10,17,22H,11-16H2,1-2H3,(H,26,27). The van der Waals surface area contributed by atoms with Crippen LogP contribution in [-0.2, 0) is 29.2 Å². The van der Waals surface area contributed by atoms with Crippen molar-refractivity contribution in [2.24, 2.45) is 0 Å². The van der Waals surface area contributed by atoms with Gasteiger partial charge in [0.1, 0.15) is 5.75 Å². The molecule has 8 heteroatoms. The number of aryl methyl sites for hydroxylation is 1. The van der Waals surface area contributed by atoms with Crippen molar-refractivity contribution in [3.05, 3.63) is 77.6 Å². The Bertz CT molecular complexity index is 1020. The molecule has 3 aromatic rings. The monoisotopic (exact) mass is 435 g/mol. The highest BCUT2D eigenvalue weighted by molar-refractivity contribution is 5.78. The number of hydrogen-bond donors (Lipinski definition) is 1. The van der Waals surface area contributed by atoms with Crippen molar-refractivity contribution in [2.75, 3.05) is 26.7 Å². The number of pyridine rings is 1. The van der Waals surface area contributed by atoms with Crippen LogP contribution >= 0.6 is 0 Å². The van der Waals surface area contributed by atoms with E-state index in [-0.39, 0.29) is 12.0 Å². The van der Waals surface area contributed by atoms with Gasteiger partial charge in [-0.3, -0.25) is 14.7 Å². The fourth-order valence-electron chi connectivity index (χ4n) is 3.85. The minimum absolute atomic E-state index is 0.0660. The molecule has 0 bridgehead atoms. The van der Waals surface area contributed by atoms with E-state index in [1.54, 1.807) is 19.6 Å². The molecule has 1 unspecified atom stereocenters. The van der Waals surface area contributed by atoms with E-state index in [2.05, 4.69) is 19.9 Å². The van der Waals surface area contributed by atoms with E-state index >= 15 is 0 Å². The number of hydrogen-bond acceptors (Lipinski definition) is 6. The lowest BCUT2D eigenvalue weighted by molar-refractivity contribution is -0.132. The fourth-order valence-corrected chi connectivity index (χ4v) is 3.85. The van der Waals surface area contributed by atoms with E-state index in [1.807, 2.05) is 54.3 Å². The third-order valence-corrected chi connectivity index (χ3v) is 5.60. The molecule has 2 aromatic heterocycles. The van der Waals surface area contributed by atoms with Crippen molar-refractivity contribution < 1.29 is 14.3 Å². The van der Waals surface area contributed by atoms with Gasteiger partial charge >= 0.3 is 0 Å². The number of nitrogens with one attached hydrogen (secondary N) is 1. The summed E-state index contributed by atoms with van der Waals surface area (Å²) in [6.07, 6.45) is 3.30. The smallest absolute Gasteiger partial charge is 0.237 e. The van der Waals surface area contributed by atoms with Gasteiger partial charge in [0.25, 0.3) is 0 Å². The first-order valence-corrected chi connectivity index (χ1v) is 10.7. The van der Waals surface area contributed by atoms with E-state index in [4.69, 9.17) is 9.47 Å². The minimum Gasteiger partial charge on any atom is -0.497 e. The van der Waals surface area contributed by atoms with Crippen LogP contribution in [0.2, 0.25) is 0 Å². The van der Waals surface area contributed by atoms with Crippen molar-refractivity contribution in [3.8, 4) is 5.75 Å². The van der Waals surface area contributed by atoms with Crippen LogP contribution in [0.4, 0.5) is 0 Å². The average Bonchev–Trinajstić information content (AvgIpc) is 3.14. The molecule has 0 aliphatic carbocycles. The molecule has 1 aromatic carbocycles. The maximum absolute atomic E-state index is 13.1. The normalized spacial score (nSPS) is 17.4. The number of carbonyl (C=O) groups excluding carboxylic acids is 1. The average molecular weight is 436 g/mol. The van der Waals surface area contributed by atoms with E-state index < -0.39 is 0 Å². The number of amides is 1. The lowest BCUT2D eigenvalue weighted by atomic mass is 10.2. The Balaban J connectivity index is 1.49. The fraction of sp³-hybridized carbons (Fsp3) is 0.375. The zero-order chi connectivity index (χ0) is 22.3. The molecule has 32 heavy (non-hydrogen) atoms. The van der Waals surface area contributed by atoms with Crippen molar-refractivity contribution in [3.63, 3.8) is 0 Å². The van der Waals surface area contributed by atoms with Crippen LogP contribution < -0.4 is 4.74 Å². The lowest BCUT2D eigenvalue weighted by Gasteiger charge is -2.24. The molecule has 4 rings (SSSR count). The molecule has 0 radical (unpaired) electrons. The van der Waals surface area contributed by atoms with Gasteiger partial charge in [-0.1, -0.05) is 18.2 Å². The van der Waals surface area contributed by atoms with Crippen LogP contribution in [0, 0.1) is 6.92 Å². The predicted molar refractivity (Wildman–Crippen MR) is 120 cm³/mol. The predicted octanol–water partition coefficient (Wildman–Crippen LogP) is 2.55. The molecule has 1 saturated heterocycles. The van der Waals surface area contributed by atoms with Gasteiger partial charge in [-0.15, -0.1) is 0 Å². The number of rotatable bonds is 8. The van der Waals surface area contributed by atoms with Crippen molar-refractivity contribution in [2.45, 2.75) is 32.7 Å². The Kier molecular flexibility index (Phi) is 7.14. The van der Waals surface area contributed by atoms with E-state index in [0.717, 1.165) is 28.4 Å². The van der Waals surface area contributed by atoms with Crippen molar-refractivity contribution in [1.29, 1.82) is 0 Å². The van der Waals surface area contributed by atoms with Crippen LogP contribution in [0.25, 0.3) is 0 Å². The Morgan fingerprint density at radius 1 is 1.12 bits per heavy atom. The van der Waals surface area contributed by atoms with Gasteiger partial charge in [0, 0.05) is 31.5 Å². The molecular weight excluding hydrogens is 406 g/mol. The first-order chi connectivity index (χ1) is 15.6. The number of carbonyl (C=O) groups is 1. The summed E-state index contributed by atoms with van der Waals surface area (Å²) >= 11 is 0. The summed E-state index contributed by atoms with van der Waals surface area (Å²) in [5, 5.41) is 0. The number of H-pyrrole nitrogens is 1. The summed E-state index contributed by atoms with van der Waals surface area (Å²) in [4.78, 5) is 29.0. The quantitative estimate of drug-likeness (QED) is 0.586. The third-order valence-electron chi connectivity index (χ3n) is 5.60. The topological polar surface area (TPSA) is 83.6 Å². The summed E-state index contributed by atoms with van der Waals surface area (Å²) in [5.41, 5.74) is 3.86. The lowest BCUT2D eigenvalue weighted by Crippen LogP contribution is -2.37. The van der Waals surface area contributed by atoms with Crippen molar-refractivity contribution in [1.82, 2.24) is 24.8 Å². The molecule has 1 amide bonds. The molecule has 0 saturated carbocycles. The number of methoxy groups -OCH3 is 1. The van der Waals surface area contributed by atoms with Crippen LogP contribution in [0.5, 0.6) is 5.75 Å². The Hall–Kier alpha value is -3.23. The van der Waals surface area contributed by atoms with Gasteiger partial charge in [-0.05, 0) is 36.8 Å². The zero-order valence-corrected chi connectivity index (χ0v) is 18.5. The Morgan fingerprint density at radius 2 is 2.03 bits per heavy atom. The van der Waals surface area contributed by atoms with Gasteiger partial charge in [0.05, 0.1) is 50.6 Å². The third kappa shape index (κ3) is 5.72. The molecule has 1 aliphatic heterocycles. The molecular formula is C24H29N5O3. The van der Waals surface area contributed by atoms with Crippen LogP contribution in [0.3, 0.4) is 0 Å². The van der Waals surface area contributed by atoms with E-state index in [1.165, 1.54) is 0 Å². The molecule has 1 N–H and O–H groups in total. The number of nitrogens with zero attached hydrogens (tertiary/aromatic N) is 4. The molecule has 1 aliphatic rings. The zero-order valence-electron chi connectivity index (χ0n) is 18.5. The number of imidazole rings is 1. The van der Waals surface area contributed by atoms with Gasteiger partial charge in [-0.25, -0.2) is 4.98 Å². The summed E-state index contributed by atoms with van der Waals surface area (Å²) in [6, 6.07) is 13.6. The van der Waals surface area contributed by atoms with Gasteiger partial charge in [0.2, 0.25) is 5.91 Å². The van der Waals surface area contributed by atoms with Crippen LogP contribution in [-0.4, -0.2) is 63.5 Å². The highest BCUT2D eigenvalue weighted by atomic mass is 16.5. The molecule has 8 nitrogen and oxygen atoms in total. The van der Waals surface area contributed by atoms with E-state index in [0.29, 0.717) is 39.3 Å². The summed E-state index contributed by atoms with van der Waals surface area (Å²) in [6.45, 7) is 4.97. The minimum atomic E-state index is -0.143. The van der Waals surface area contributed by atoms with Crippen LogP contribution in [0.15, 0.2) is 55.0 Å². The largest absolute Gasteiger partial charge is 0.497 e. The Labute approximate surface area is 188 Å². The number of aromatic nitrogens is 3. The van der Waals surface area contributed by atoms with Crippen LogP contribution in [0.1, 0.15) is 22.6 Å². The van der Waals surface area contributed by atoms with Gasteiger partial charge in [-0.2, -0.15) is 0 Å². The second kappa shape index (κ2) is 10.4. The highest BCUT2D eigenvalue weighted by Gasteiger charge is 2.29. The molecule has 1 fully saturated rings. The number of benzene rings is 1. The first-order valence-electron chi connectivity index (χ1n) is 10.7. The maximum atomic E-state index is 13.1. The van der Waals surface area contributed by atoms with Crippen molar-refractivity contribution >= 4 is 5.91 Å². The summed E-state index contributed by atoms with van der Waals surface area (Å²) < 4.78 is 11.6. The first kappa shape index (κ1) is 22.0. The van der Waals surface area contributed by atoms with Gasteiger partial charge in [0.15, 0.2) is 0 Å². The number of ether oxygens (including phenoxy) is 2. The number of aromatic amines is 1. The second-order valence-corrected chi connectivity index (χ2v) is 8.02. The van der Waals surface area contributed by atoms with E-state index in [9.17, 15) is 4.79 Å². The molecule has 1 atom stereocenters. The van der Waals surface area contributed by atoms with Gasteiger partial charge < -0.3 is 19.4 Å². The summed E-state index contributed by atoms with van der Waals surface area (Å²) in [5.74, 6) is 0.867. The molecule has 3 heterocycles. The summed E-state index contributed by atoms with van der Waals surface area (Å²) in [7, 11) is 1.65. The Morgan fingerprint density at radius 3 is 2.78 bits per heavy atom. The maximum Gasteiger partial charge on any atom is 0.237 e. The second-order valence-electron chi connectivity index (χ2n) is 8.02. The molecule has 0 spiro atoms.